The van der Waals surface area contributed by atoms with Crippen molar-refractivity contribution in [3.05, 3.63) is 35.4 Å². The predicted octanol–water partition coefficient (Wildman–Crippen LogP) is 2.26. The van der Waals surface area contributed by atoms with E-state index >= 15 is 0 Å². The molecular weight excluding hydrogens is 366 g/mol. The Morgan fingerprint density at radius 2 is 1.72 bits per heavy atom. The molecule has 1 amide bonds. The highest BCUT2D eigenvalue weighted by Gasteiger charge is 2.35. The molecule has 2 saturated heterocycles. The summed E-state index contributed by atoms with van der Waals surface area (Å²) in [7, 11) is 2.15. The molecule has 6 nitrogen and oxygen atoms in total. The Morgan fingerprint density at radius 1 is 1.03 bits per heavy atom. The number of hydrogen-bond donors (Lipinski definition) is 1. The highest BCUT2D eigenvalue weighted by molar-refractivity contribution is 5.76. The van der Waals surface area contributed by atoms with Gasteiger partial charge in [-0.2, -0.15) is 0 Å². The van der Waals surface area contributed by atoms with Crippen LogP contribution >= 0.6 is 0 Å². The number of carboxylic acid groups (broad SMARTS) is 1. The van der Waals surface area contributed by atoms with E-state index in [0.717, 1.165) is 45.6 Å². The van der Waals surface area contributed by atoms with Gasteiger partial charge >= 0.3 is 5.97 Å². The van der Waals surface area contributed by atoms with Crippen LogP contribution < -0.4 is 0 Å². The van der Waals surface area contributed by atoms with Gasteiger partial charge < -0.3 is 14.9 Å². The van der Waals surface area contributed by atoms with Gasteiger partial charge in [-0.1, -0.05) is 29.8 Å². The quantitative estimate of drug-likeness (QED) is 0.759. The minimum atomic E-state index is -0.745. The third-order valence-corrected chi connectivity index (χ3v) is 6.53. The smallest absolute Gasteiger partial charge is 0.303 e. The van der Waals surface area contributed by atoms with Crippen LogP contribution in [0.3, 0.4) is 0 Å². The van der Waals surface area contributed by atoms with Crippen LogP contribution in [0.5, 0.6) is 0 Å². The molecule has 2 aliphatic rings. The number of hydrogen-bond acceptors (Lipinski definition) is 4. The summed E-state index contributed by atoms with van der Waals surface area (Å²) in [6.45, 7) is 7.72. The zero-order valence-electron chi connectivity index (χ0n) is 17.8. The summed E-state index contributed by atoms with van der Waals surface area (Å²) in [5.41, 5.74) is 2.42. The van der Waals surface area contributed by atoms with Crippen LogP contribution in [0.1, 0.15) is 36.8 Å². The second-order valence-electron chi connectivity index (χ2n) is 8.71. The Hall–Kier alpha value is -1.92. The molecule has 6 heteroatoms. The zero-order chi connectivity index (χ0) is 20.8. The van der Waals surface area contributed by atoms with Crippen molar-refractivity contribution in [1.29, 1.82) is 0 Å². The monoisotopic (exact) mass is 401 g/mol. The Labute approximate surface area is 174 Å². The molecule has 1 aromatic rings. The largest absolute Gasteiger partial charge is 0.481 e. The molecular formula is C23H35N3O3. The Kier molecular flexibility index (Phi) is 7.67. The lowest BCUT2D eigenvalue weighted by atomic mass is 9.86. The third-order valence-electron chi connectivity index (χ3n) is 6.53. The first-order valence-electron chi connectivity index (χ1n) is 10.9. The molecule has 0 unspecified atom stereocenters. The first kappa shape index (κ1) is 21.8. The van der Waals surface area contributed by atoms with E-state index in [9.17, 15) is 14.7 Å². The molecule has 1 N–H and O–H groups in total. The molecule has 2 aliphatic heterocycles. The van der Waals surface area contributed by atoms with E-state index in [4.69, 9.17) is 0 Å². The van der Waals surface area contributed by atoms with Gasteiger partial charge in [0.25, 0.3) is 0 Å². The highest BCUT2D eigenvalue weighted by Crippen LogP contribution is 2.27. The predicted molar refractivity (Wildman–Crippen MR) is 114 cm³/mol. The van der Waals surface area contributed by atoms with Crippen molar-refractivity contribution in [3.8, 4) is 0 Å². The fourth-order valence-corrected chi connectivity index (χ4v) is 4.64. The first-order valence-corrected chi connectivity index (χ1v) is 10.9. The molecule has 2 heterocycles. The van der Waals surface area contributed by atoms with E-state index in [-0.39, 0.29) is 18.2 Å². The standard InChI is InChI=1S/C23H35N3O3/c1-18-3-5-19(6-4-18)7-9-22(27)26-12-11-21(20(17-26)8-10-23(28)29)25-15-13-24(2)14-16-25/h3-6,20-21H,7-17H2,1-2H3,(H,28,29)/t20-,21+/m1/s1. The molecule has 3 rings (SSSR count). The lowest BCUT2D eigenvalue weighted by Crippen LogP contribution is -2.57. The fraction of sp³-hybridized carbons (Fsp3) is 0.652. The lowest BCUT2D eigenvalue weighted by molar-refractivity contribution is -0.138. The van der Waals surface area contributed by atoms with E-state index in [1.165, 1.54) is 11.1 Å². The van der Waals surface area contributed by atoms with Crippen LogP contribution in [0, 0.1) is 12.8 Å². The van der Waals surface area contributed by atoms with Crippen molar-refractivity contribution in [2.75, 3.05) is 46.3 Å². The van der Waals surface area contributed by atoms with Crippen LogP contribution in [0.25, 0.3) is 0 Å². The Balaban J connectivity index is 1.57. The topological polar surface area (TPSA) is 64.1 Å². The van der Waals surface area contributed by atoms with Crippen molar-refractivity contribution in [1.82, 2.24) is 14.7 Å². The van der Waals surface area contributed by atoms with Gasteiger partial charge in [0.15, 0.2) is 0 Å². The second-order valence-corrected chi connectivity index (χ2v) is 8.71. The lowest BCUT2D eigenvalue weighted by Gasteiger charge is -2.46. The molecule has 0 bridgehead atoms. The summed E-state index contributed by atoms with van der Waals surface area (Å²) in [5, 5.41) is 9.18. The number of carbonyl (C=O) groups is 2. The van der Waals surface area contributed by atoms with Gasteiger partial charge in [-0.3, -0.25) is 14.5 Å². The van der Waals surface area contributed by atoms with Crippen LogP contribution in [0.15, 0.2) is 24.3 Å². The van der Waals surface area contributed by atoms with Crippen molar-refractivity contribution in [3.63, 3.8) is 0 Å². The van der Waals surface area contributed by atoms with E-state index < -0.39 is 5.97 Å². The number of piperazine rings is 1. The van der Waals surface area contributed by atoms with E-state index in [2.05, 4.69) is 48.0 Å². The van der Waals surface area contributed by atoms with Gasteiger partial charge in [0, 0.05) is 58.2 Å². The van der Waals surface area contributed by atoms with Gasteiger partial charge in [0.2, 0.25) is 5.91 Å². The number of aliphatic carboxylic acids is 1. The highest BCUT2D eigenvalue weighted by atomic mass is 16.4. The molecule has 0 aliphatic carbocycles. The second kappa shape index (κ2) is 10.2. The number of nitrogens with zero attached hydrogens (tertiary/aromatic N) is 3. The minimum absolute atomic E-state index is 0.181. The summed E-state index contributed by atoms with van der Waals surface area (Å²) >= 11 is 0. The van der Waals surface area contributed by atoms with Crippen LogP contribution in [-0.2, 0) is 16.0 Å². The van der Waals surface area contributed by atoms with Crippen molar-refractivity contribution in [2.24, 2.45) is 5.92 Å². The number of amides is 1. The van der Waals surface area contributed by atoms with E-state index in [1.54, 1.807) is 0 Å². The summed E-state index contributed by atoms with van der Waals surface area (Å²) in [4.78, 5) is 30.9. The molecule has 160 valence electrons. The van der Waals surface area contributed by atoms with Crippen LogP contribution in [0.2, 0.25) is 0 Å². The van der Waals surface area contributed by atoms with Gasteiger partial charge in [0.1, 0.15) is 0 Å². The maximum Gasteiger partial charge on any atom is 0.303 e. The number of likely N-dealkylation sites (tertiary alicyclic amines) is 1. The number of piperidine rings is 1. The van der Waals surface area contributed by atoms with Crippen molar-refractivity contribution in [2.45, 2.75) is 45.1 Å². The number of likely N-dealkylation sites (N-methyl/N-ethyl adjacent to an activating group) is 1. The van der Waals surface area contributed by atoms with E-state index in [1.807, 2.05) is 4.90 Å². The van der Waals surface area contributed by atoms with Crippen molar-refractivity contribution < 1.29 is 14.7 Å². The van der Waals surface area contributed by atoms with Gasteiger partial charge in [0.05, 0.1) is 0 Å². The summed E-state index contributed by atoms with van der Waals surface area (Å²) in [5.74, 6) is -0.306. The average Bonchev–Trinajstić information content (AvgIpc) is 2.72. The molecule has 0 aromatic heterocycles. The molecule has 0 saturated carbocycles. The number of aryl methyl sites for hydroxylation is 2. The summed E-state index contributed by atoms with van der Waals surface area (Å²) in [6.07, 6.45) is 3.06. The van der Waals surface area contributed by atoms with Gasteiger partial charge in [-0.05, 0) is 44.7 Å². The number of rotatable bonds is 7. The molecule has 29 heavy (non-hydrogen) atoms. The number of benzene rings is 1. The first-order chi connectivity index (χ1) is 13.9. The maximum absolute atomic E-state index is 12.8. The molecule has 2 atom stereocenters. The summed E-state index contributed by atoms with van der Waals surface area (Å²) in [6, 6.07) is 8.76. The zero-order valence-corrected chi connectivity index (χ0v) is 17.8. The third kappa shape index (κ3) is 6.28. The van der Waals surface area contributed by atoms with Gasteiger partial charge in [-0.25, -0.2) is 0 Å². The normalized spacial score (nSPS) is 23.9. The van der Waals surface area contributed by atoms with E-state index in [0.29, 0.717) is 25.4 Å². The maximum atomic E-state index is 12.8. The Morgan fingerprint density at radius 3 is 2.38 bits per heavy atom. The Bertz CT molecular complexity index is 683. The van der Waals surface area contributed by atoms with Crippen LogP contribution in [-0.4, -0.2) is 84.0 Å². The van der Waals surface area contributed by atoms with Gasteiger partial charge in [-0.15, -0.1) is 0 Å². The summed E-state index contributed by atoms with van der Waals surface area (Å²) < 4.78 is 0. The number of carbonyl (C=O) groups excluding carboxylic acids is 1. The minimum Gasteiger partial charge on any atom is -0.481 e. The molecule has 1 aromatic carbocycles. The molecule has 0 radical (unpaired) electrons. The molecule has 2 fully saturated rings. The van der Waals surface area contributed by atoms with Crippen molar-refractivity contribution >= 4 is 11.9 Å². The average molecular weight is 402 g/mol. The molecule has 0 spiro atoms. The number of carboxylic acids is 1. The SMILES string of the molecule is Cc1ccc(CCC(=O)N2CC[C@H](N3CCN(C)CC3)[C@H](CCC(=O)O)C2)cc1. The van der Waals surface area contributed by atoms with Crippen LogP contribution in [0.4, 0.5) is 0 Å². The fourth-order valence-electron chi connectivity index (χ4n) is 4.64.